The van der Waals surface area contributed by atoms with Crippen LogP contribution >= 0.6 is 0 Å². The minimum absolute atomic E-state index is 0.739. The summed E-state index contributed by atoms with van der Waals surface area (Å²) < 4.78 is 2.25. The van der Waals surface area contributed by atoms with E-state index in [0.717, 1.165) is 43.9 Å². The van der Waals surface area contributed by atoms with Crippen molar-refractivity contribution >= 4 is 16.9 Å². The van der Waals surface area contributed by atoms with Crippen LogP contribution in [0.2, 0.25) is 0 Å². The molecular weight excluding hydrogens is 444 g/mol. The van der Waals surface area contributed by atoms with Gasteiger partial charge in [-0.25, -0.2) is 14.6 Å². The third-order valence-corrected chi connectivity index (χ3v) is 7.45. The molecule has 0 saturated heterocycles. The minimum atomic E-state index is 0.739. The number of nitrogens with zero attached hydrogens (tertiary/aromatic N) is 5. The maximum absolute atomic E-state index is 5.31. The van der Waals surface area contributed by atoms with Gasteiger partial charge in [-0.2, -0.15) is 5.10 Å². The van der Waals surface area contributed by atoms with Crippen LogP contribution < -0.4 is 4.90 Å². The molecule has 1 aliphatic heterocycles. The number of anilines is 1. The van der Waals surface area contributed by atoms with Crippen LogP contribution in [0.4, 0.5) is 5.95 Å². The first-order chi connectivity index (χ1) is 17.6. The molecule has 6 heteroatoms. The molecule has 182 valence electrons. The van der Waals surface area contributed by atoms with E-state index in [1.807, 2.05) is 25.5 Å². The summed E-state index contributed by atoms with van der Waals surface area (Å²) in [7, 11) is 0. The van der Waals surface area contributed by atoms with Crippen LogP contribution in [0, 0.1) is 13.8 Å². The number of aromatic nitrogens is 5. The molecule has 0 saturated carbocycles. The van der Waals surface area contributed by atoms with Crippen LogP contribution in [-0.2, 0) is 25.8 Å². The van der Waals surface area contributed by atoms with Crippen LogP contribution in [-0.4, -0.2) is 31.3 Å². The lowest BCUT2D eigenvalue weighted by Crippen LogP contribution is -2.31. The lowest BCUT2D eigenvalue weighted by Gasteiger charge is -2.27. The van der Waals surface area contributed by atoms with Crippen molar-refractivity contribution in [3.8, 4) is 16.9 Å². The predicted molar refractivity (Wildman–Crippen MR) is 146 cm³/mol. The Morgan fingerprint density at radius 3 is 2.42 bits per heavy atom. The molecule has 0 atom stereocenters. The fraction of sp³-hybridized carbons (Fsp3) is 0.300. The summed E-state index contributed by atoms with van der Waals surface area (Å²) in [5.41, 5.74) is 12.2. The molecule has 1 N–H and O–H groups in total. The zero-order valence-corrected chi connectivity index (χ0v) is 21.5. The highest BCUT2D eigenvalue weighted by atomic mass is 15.3. The van der Waals surface area contributed by atoms with Crippen molar-refractivity contribution in [2.75, 3.05) is 11.4 Å². The molecule has 6 rings (SSSR count). The highest BCUT2D eigenvalue weighted by Gasteiger charge is 2.29. The molecule has 0 unspecified atom stereocenters. The zero-order valence-electron chi connectivity index (χ0n) is 21.5. The number of hydrogen-bond donors (Lipinski definition) is 1. The number of para-hydroxylation sites is 1. The summed E-state index contributed by atoms with van der Waals surface area (Å²) in [6.45, 7) is 10.2. The van der Waals surface area contributed by atoms with E-state index in [2.05, 4.69) is 81.7 Å². The van der Waals surface area contributed by atoms with Crippen LogP contribution in [0.25, 0.3) is 27.8 Å². The average Bonchev–Trinajstić information content (AvgIpc) is 3.54. The second kappa shape index (κ2) is 8.94. The molecule has 0 spiro atoms. The quantitative estimate of drug-likeness (QED) is 0.332. The fourth-order valence-corrected chi connectivity index (χ4v) is 5.53. The first-order valence-electron chi connectivity index (χ1n) is 12.9. The molecule has 36 heavy (non-hydrogen) atoms. The Kier molecular flexibility index (Phi) is 5.59. The largest absolute Gasteiger partial charge is 0.361 e. The highest BCUT2D eigenvalue weighted by molar-refractivity contribution is 5.97. The van der Waals surface area contributed by atoms with Crippen molar-refractivity contribution in [1.82, 2.24) is 24.7 Å². The molecule has 0 aliphatic carbocycles. The van der Waals surface area contributed by atoms with Crippen molar-refractivity contribution in [1.29, 1.82) is 0 Å². The SMILES string of the molecule is CCc1cccc(CC)c1-n1nc2c(c1-c1ccc(C)c3[nH]ccc13)CN(c1ncc(C)cn1)CC2. The Labute approximate surface area is 212 Å². The third-order valence-electron chi connectivity index (χ3n) is 7.45. The molecule has 0 amide bonds. The van der Waals surface area contributed by atoms with Crippen LogP contribution in [0.1, 0.15) is 47.4 Å². The molecule has 5 aromatic rings. The van der Waals surface area contributed by atoms with Gasteiger partial charge in [-0.15, -0.1) is 0 Å². The monoisotopic (exact) mass is 476 g/mol. The van der Waals surface area contributed by atoms with Gasteiger partial charge in [0, 0.05) is 60.1 Å². The van der Waals surface area contributed by atoms with E-state index in [9.17, 15) is 0 Å². The number of fused-ring (bicyclic) bond motifs is 2. The molecular formula is C30H32N6. The first-order valence-corrected chi connectivity index (χ1v) is 12.9. The second-order valence-corrected chi connectivity index (χ2v) is 9.75. The van der Waals surface area contributed by atoms with E-state index in [-0.39, 0.29) is 0 Å². The Morgan fingerprint density at radius 2 is 1.69 bits per heavy atom. The topological polar surface area (TPSA) is 62.6 Å². The van der Waals surface area contributed by atoms with Gasteiger partial charge in [0.2, 0.25) is 5.95 Å². The standard InChI is InChI=1S/C30H32N6/c1-5-21-8-7-9-22(6-2)28(21)36-29(24-11-10-20(4)27-23(24)12-14-31-27)25-18-35(15-13-26(25)34-36)30-32-16-19(3)17-33-30/h7-12,14,16-17,31H,5-6,13,15,18H2,1-4H3. The number of rotatable bonds is 5. The summed E-state index contributed by atoms with van der Waals surface area (Å²) >= 11 is 0. The van der Waals surface area contributed by atoms with Gasteiger partial charge in [-0.1, -0.05) is 44.2 Å². The Balaban J connectivity index is 1.61. The van der Waals surface area contributed by atoms with Gasteiger partial charge in [-0.05, 0) is 55.0 Å². The molecule has 4 heterocycles. The normalized spacial score (nSPS) is 13.4. The summed E-state index contributed by atoms with van der Waals surface area (Å²) in [6.07, 6.45) is 8.63. The first kappa shape index (κ1) is 22.5. The van der Waals surface area contributed by atoms with Crippen molar-refractivity contribution < 1.29 is 0 Å². The van der Waals surface area contributed by atoms with Gasteiger partial charge in [0.1, 0.15) is 0 Å². The summed E-state index contributed by atoms with van der Waals surface area (Å²) in [5.74, 6) is 0.781. The van der Waals surface area contributed by atoms with E-state index >= 15 is 0 Å². The van der Waals surface area contributed by atoms with Crippen molar-refractivity contribution in [2.45, 2.75) is 53.5 Å². The molecule has 3 aromatic heterocycles. The number of nitrogens with one attached hydrogen (secondary N) is 1. The maximum atomic E-state index is 5.31. The molecule has 6 nitrogen and oxygen atoms in total. The lowest BCUT2D eigenvalue weighted by atomic mass is 9.96. The van der Waals surface area contributed by atoms with Crippen LogP contribution in [0.15, 0.2) is 55.0 Å². The Hall–Kier alpha value is -3.93. The smallest absolute Gasteiger partial charge is 0.225 e. The molecule has 2 aromatic carbocycles. The predicted octanol–water partition coefficient (Wildman–Crippen LogP) is 6.11. The fourth-order valence-electron chi connectivity index (χ4n) is 5.53. The zero-order chi connectivity index (χ0) is 24.8. The number of hydrogen-bond acceptors (Lipinski definition) is 4. The second-order valence-electron chi connectivity index (χ2n) is 9.75. The van der Waals surface area contributed by atoms with E-state index in [1.54, 1.807) is 0 Å². The minimum Gasteiger partial charge on any atom is -0.361 e. The van der Waals surface area contributed by atoms with Crippen LogP contribution in [0.3, 0.4) is 0 Å². The van der Waals surface area contributed by atoms with E-state index in [4.69, 9.17) is 5.10 Å². The van der Waals surface area contributed by atoms with Crippen molar-refractivity contribution in [3.63, 3.8) is 0 Å². The molecule has 0 bridgehead atoms. The lowest BCUT2D eigenvalue weighted by molar-refractivity contribution is 0.694. The van der Waals surface area contributed by atoms with Crippen molar-refractivity contribution in [3.05, 3.63) is 88.5 Å². The number of aryl methyl sites for hydroxylation is 4. The van der Waals surface area contributed by atoms with E-state index in [1.165, 1.54) is 55.8 Å². The average molecular weight is 477 g/mol. The summed E-state index contributed by atoms with van der Waals surface area (Å²) in [4.78, 5) is 15.0. The van der Waals surface area contributed by atoms with Gasteiger partial charge in [-0.3, -0.25) is 0 Å². The molecule has 0 fully saturated rings. The third kappa shape index (κ3) is 3.60. The van der Waals surface area contributed by atoms with Gasteiger partial charge in [0.05, 0.1) is 17.1 Å². The number of H-pyrrole nitrogens is 1. The number of benzene rings is 2. The van der Waals surface area contributed by atoms with Gasteiger partial charge in [0.25, 0.3) is 0 Å². The summed E-state index contributed by atoms with van der Waals surface area (Å²) in [5, 5.41) is 6.54. The van der Waals surface area contributed by atoms with E-state index < -0.39 is 0 Å². The van der Waals surface area contributed by atoms with E-state index in [0.29, 0.717) is 0 Å². The molecule has 0 radical (unpaired) electrons. The van der Waals surface area contributed by atoms with Gasteiger partial charge in [0.15, 0.2) is 0 Å². The van der Waals surface area contributed by atoms with Crippen LogP contribution in [0.5, 0.6) is 0 Å². The highest BCUT2D eigenvalue weighted by Crippen LogP contribution is 2.39. The summed E-state index contributed by atoms with van der Waals surface area (Å²) in [6, 6.07) is 13.3. The number of aromatic amines is 1. The maximum Gasteiger partial charge on any atom is 0.225 e. The van der Waals surface area contributed by atoms with Crippen molar-refractivity contribution in [2.24, 2.45) is 0 Å². The Morgan fingerprint density at radius 1 is 0.944 bits per heavy atom. The van der Waals surface area contributed by atoms with Gasteiger partial charge < -0.3 is 9.88 Å². The Bertz CT molecular complexity index is 1530. The molecule has 1 aliphatic rings. The van der Waals surface area contributed by atoms with Gasteiger partial charge >= 0.3 is 0 Å².